The summed E-state index contributed by atoms with van der Waals surface area (Å²) in [4.78, 5) is 16.2. The number of imidazole rings is 1. The molecular formula is C23H25F2N3O2S. The number of aryl methyl sites for hydroxylation is 1. The van der Waals surface area contributed by atoms with Gasteiger partial charge in [-0.3, -0.25) is 0 Å². The summed E-state index contributed by atoms with van der Waals surface area (Å²) in [6, 6.07) is 13.5. The van der Waals surface area contributed by atoms with Gasteiger partial charge in [-0.15, -0.1) is 0 Å². The van der Waals surface area contributed by atoms with Crippen LogP contribution in [0.4, 0.5) is 13.6 Å². The Balaban J connectivity index is 1.97. The third-order valence-electron chi connectivity index (χ3n) is 4.66. The first-order valence-electron chi connectivity index (χ1n) is 10.0. The molecule has 3 aromatic rings. The molecule has 5 nitrogen and oxygen atoms in total. The van der Waals surface area contributed by atoms with E-state index in [1.165, 1.54) is 23.9 Å². The van der Waals surface area contributed by atoms with Crippen LogP contribution in [0, 0.1) is 11.6 Å². The Bertz CT molecular complexity index is 1020. The van der Waals surface area contributed by atoms with E-state index in [0.717, 1.165) is 34.6 Å². The molecule has 0 saturated carbocycles. The van der Waals surface area contributed by atoms with E-state index < -0.39 is 17.7 Å². The molecule has 0 radical (unpaired) electrons. The number of primary amides is 1. The summed E-state index contributed by atoms with van der Waals surface area (Å²) in [6.07, 6.45) is 0.301. The van der Waals surface area contributed by atoms with Crippen LogP contribution in [0.5, 0.6) is 0 Å². The molecule has 0 spiro atoms. The normalized spacial score (nSPS) is 11.1. The molecule has 8 heteroatoms. The summed E-state index contributed by atoms with van der Waals surface area (Å²) in [7, 11) is 0. The number of nitrogens with zero attached hydrogens (tertiary/aromatic N) is 2. The molecule has 0 bridgehead atoms. The Hall–Kier alpha value is -2.87. The van der Waals surface area contributed by atoms with Crippen molar-refractivity contribution in [3.8, 4) is 0 Å². The lowest BCUT2D eigenvalue weighted by molar-refractivity contribution is 0.157. The number of hydrogen-bond donors (Lipinski definition) is 1. The standard InChI is InChI=1S/C23H25F2N3O2S/c1-15(2)21-22(31-19-13-17(24)12-18(25)14-19)28(10-8-16-6-4-3-5-7-16)20(27-21)9-11-30-23(26)29/h3-7,12-15H,8-11H2,1-2H3,(H2,26,29). The van der Waals surface area contributed by atoms with Crippen LogP contribution in [0.25, 0.3) is 0 Å². The van der Waals surface area contributed by atoms with Crippen LogP contribution in [0.2, 0.25) is 0 Å². The van der Waals surface area contributed by atoms with Gasteiger partial charge in [0.2, 0.25) is 0 Å². The van der Waals surface area contributed by atoms with Crippen LogP contribution in [-0.4, -0.2) is 22.3 Å². The molecule has 0 aliphatic carbocycles. The van der Waals surface area contributed by atoms with E-state index in [1.54, 1.807) is 0 Å². The first-order chi connectivity index (χ1) is 14.8. The van der Waals surface area contributed by atoms with Gasteiger partial charge in [0, 0.05) is 23.9 Å². The lowest BCUT2D eigenvalue weighted by Gasteiger charge is -2.14. The van der Waals surface area contributed by atoms with Gasteiger partial charge in [0.1, 0.15) is 29.1 Å². The molecule has 2 aromatic carbocycles. The number of aromatic nitrogens is 2. The van der Waals surface area contributed by atoms with Gasteiger partial charge in [0.15, 0.2) is 0 Å². The van der Waals surface area contributed by atoms with Crippen molar-refractivity contribution in [3.05, 3.63) is 77.2 Å². The maximum Gasteiger partial charge on any atom is 0.404 e. The number of carbonyl (C=O) groups excluding carboxylic acids is 1. The van der Waals surface area contributed by atoms with Crippen LogP contribution < -0.4 is 5.73 Å². The van der Waals surface area contributed by atoms with Crippen molar-refractivity contribution in [2.24, 2.45) is 5.73 Å². The van der Waals surface area contributed by atoms with Crippen LogP contribution in [0.1, 0.15) is 36.8 Å². The van der Waals surface area contributed by atoms with E-state index in [0.29, 0.717) is 17.9 Å². The van der Waals surface area contributed by atoms with Crippen molar-refractivity contribution >= 4 is 17.9 Å². The second-order valence-electron chi connectivity index (χ2n) is 7.39. The highest BCUT2D eigenvalue weighted by Crippen LogP contribution is 2.36. The Morgan fingerprint density at radius 1 is 1.13 bits per heavy atom. The van der Waals surface area contributed by atoms with Gasteiger partial charge in [-0.2, -0.15) is 0 Å². The maximum absolute atomic E-state index is 13.8. The molecule has 3 rings (SSSR count). The molecule has 1 aromatic heterocycles. The molecule has 0 aliphatic rings. The van der Waals surface area contributed by atoms with Crippen LogP contribution in [0.3, 0.4) is 0 Å². The fourth-order valence-corrected chi connectivity index (χ4v) is 4.49. The van der Waals surface area contributed by atoms with Crippen molar-refractivity contribution in [1.29, 1.82) is 0 Å². The van der Waals surface area contributed by atoms with Crippen molar-refractivity contribution in [2.75, 3.05) is 6.61 Å². The second-order valence-corrected chi connectivity index (χ2v) is 8.45. The molecule has 0 fully saturated rings. The highest BCUT2D eigenvalue weighted by Gasteiger charge is 2.21. The summed E-state index contributed by atoms with van der Waals surface area (Å²) in [6.45, 7) is 4.76. The minimum atomic E-state index is -0.837. The number of rotatable bonds is 9. The molecule has 2 N–H and O–H groups in total. The molecule has 1 heterocycles. The van der Waals surface area contributed by atoms with Crippen LogP contribution >= 0.6 is 11.8 Å². The predicted octanol–water partition coefficient (Wildman–Crippen LogP) is 5.32. The predicted molar refractivity (Wildman–Crippen MR) is 116 cm³/mol. The smallest absolute Gasteiger partial charge is 0.404 e. The molecule has 0 aliphatic heterocycles. The van der Waals surface area contributed by atoms with E-state index >= 15 is 0 Å². The first-order valence-corrected chi connectivity index (χ1v) is 10.8. The summed E-state index contributed by atoms with van der Waals surface area (Å²) in [5.74, 6) is -0.423. The van der Waals surface area contributed by atoms with Crippen molar-refractivity contribution in [3.63, 3.8) is 0 Å². The molecule has 0 unspecified atom stereocenters. The minimum absolute atomic E-state index is 0.0923. The highest BCUT2D eigenvalue weighted by atomic mass is 32.2. The summed E-state index contributed by atoms with van der Waals surface area (Å²) in [5.41, 5.74) is 7.07. The molecule has 1 amide bonds. The minimum Gasteiger partial charge on any atom is -0.449 e. The lowest BCUT2D eigenvalue weighted by atomic mass is 10.1. The van der Waals surface area contributed by atoms with Crippen molar-refractivity contribution in [2.45, 2.75) is 49.1 Å². The number of ether oxygens (including phenoxy) is 1. The Morgan fingerprint density at radius 2 is 1.81 bits per heavy atom. The molecular weight excluding hydrogens is 420 g/mol. The largest absolute Gasteiger partial charge is 0.449 e. The Labute approximate surface area is 184 Å². The summed E-state index contributed by atoms with van der Waals surface area (Å²) < 4.78 is 34.5. The SMILES string of the molecule is CC(C)c1nc(CCOC(N)=O)n(CCc2ccccc2)c1Sc1cc(F)cc(F)c1. The van der Waals surface area contributed by atoms with E-state index in [1.807, 2.05) is 48.7 Å². The number of hydrogen-bond acceptors (Lipinski definition) is 4. The number of carbonyl (C=O) groups is 1. The van der Waals surface area contributed by atoms with Gasteiger partial charge in [-0.25, -0.2) is 18.6 Å². The third-order valence-corrected chi connectivity index (χ3v) is 5.75. The quantitative estimate of drug-likeness (QED) is 0.484. The number of nitrogens with two attached hydrogens (primary N) is 1. The zero-order valence-corrected chi connectivity index (χ0v) is 18.3. The van der Waals surface area contributed by atoms with Crippen molar-refractivity contribution < 1.29 is 18.3 Å². The topological polar surface area (TPSA) is 70.1 Å². The summed E-state index contributed by atoms with van der Waals surface area (Å²) in [5, 5.41) is 0.824. The fourth-order valence-electron chi connectivity index (χ4n) is 3.24. The van der Waals surface area contributed by atoms with E-state index in [9.17, 15) is 13.6 Å². The zero-order valence-electron chi connectivity index (χ0n) is 17.5. The first kappa shape index (κ1) is 22.8. The van der Waals surface area contributed by atoms with Crippen LogP contribution in [0.15, 0.2) is 58.5 Å². The zero-order chi connectivity index (χ0) is 22.4. The maximum atomic E-state index is 13.8. The number of benzene rings is 2. The molecule has 164 valence electrons. The van der Waals surface area contributed by atoms with Crippen molar-refractivity contribution in [1.82, 2.24) is 9.55 Å². The van der Waals surface area contributed by atoms with Gasteiger partial charge in [0.05, 0.1) is 5.69 Å². The monoisotopic (exact) mass is 445 g/mol. The van der Waals surface area contributed by atoms with Gasteiger partial charge < -0.3 is 15.0 Å². The van der Waals surface area contributed by atoms with E-state index in [4.69, 9.17) is 15.5 Å². The molecule has 0 atom stereocenters. The average Bonchev–Trinajstić information content (AvgIpc) is 3.03. The lowest BCUT2D eigenvalue weighted by Crippen LogP contribution is -2.16. The van der Waals surface area contributed by atoms with Crippen LogP contribution in [-0.2, 0) is 24.1 Å². The fraction of sp³-hybridized carbons (Fsp3) is 0.304. The van der Waals surface area contributed by atoms with E-state index in [2.05, 4.69) is 0 Å². The average molecular weight is 446 g/mol. The Kier molecular flexibility index (Phi) is 7.68. The van der Waals surface area contributed by atoms with Gasteiger partial charge in [-0.05, 0) is 30.0 Å². The second kappa shape index (κ2) is 10.4. The van der Waals surface area contributed by atoms with Gasteiger partial charge >= 0.3 is 6.09 Å². The number of halogens is 2. The van der Waals surface area contributed by atoms with Gasteiger partial charge in [-0.1, -0.05) is 55.9 Å². The Morgan fingerprint density at radius 3 is 2.42 bits per heavy atom. The van der Waals surface area contributed by atoms with E-state index in [-0.39, 0.29) is 12.5 Å². The van der Waals surface area contributed by atoms with Gasteiger partial charge in [0.25, 0.3) is 0 Å². The molecule has 0 saturated heterocycles. The highest BCUT2D eigenvalue weighted by molar-refractivity contribution is 7.99. The molecule has 31 heavy (non-hydrogen) atoms. The summed E-state index contributed by atoms with van der Waals surface area (Å²) >= 11 is 1.28. The third kappa shape index (κ3) is 6.30. The number of amides is 1.